The summed E-state index contributed by atoms with van der Waals surface area (Å²) in [5, 5.41) is 0. The molecule has 1 atom stereocenters. The van der Waals surface area contributed by atoms with E-state index < -0.39 is 0 Å². The van der Waals surface area contributed by atoms with Crippen LogP contribution in [0.4, 0.5) is 5.95 Å². The van der Waals surface area contributed by atoms with Crippen LogP contribution in [0.1, 0.15) is 26.2 Å². The second-order valence-corrected chi connectivity index (χ2v) is 6.17. The summed E-state index contributed by atoms with van der Waals surface area (Å²) in [5.41, 5.74) is 2.61. The molecular weight excluding hydrogens is 250 g/mol. The van der Waals surface area contributed by atoms with Gasteiger partial charge in [-0.05, 0) is 43.7 Å². The van der Waals surface area contributed by atoms with E-state index in [1.807, 2.05) is 6.07 Å². The lowest BCUT2D eigenvalue weighted by Gasteiger charge is -2.38. The Kier molecular flexibility index (Phi) is 2.74. The molecule has 4 nitrogen and oxygen atoms in total. The number of anilines is 1. The lowest BCUT2D eigenvalue weighted by molar-refractivity contribution is 0.0128. The van der Waals surface area contributed by atoms with Crippen molar-refractivity contribution < 1.29 is 4.74 Å². The molecule has 1 aromatic heterocycles. The Balaban J connectivity index is 1.65. The highest BCUT2D eigenvalue weighted by Gasteiger charge is 2.46. The largest absolute Gasteiger partial charge is 0.381 e. The van der Waals surface area contributed by atoms with Crippen molar-refractivity contribution in [3.05, 3.63) is 24.3 Å². The first-order valence-electron chi connectivity index (χ1n) is 7.58. The fourth-order valence-electron chi connectivity index (χ4n) is 3.89. The number of fused-ring (bicyclic) bond motifs is 1. The Morgan fingerprint density at radius 1 is 1.25 bits per heavy atom. The number of imidazole rings is 1. The standard InChI is InChI=1S/C16H21N3O/c1-12-16(7-10-20-11-8-16)6-9-19(12)15-17-13-4-2-3-5-14(13)18-15/h2-5,12H,6-11H2,1H3,(H,17,18). The normalized spacial score (nSPS) is 25.6. The van der Waals surface area contributed by atoms with Gasteiger partial charge in [0.05, 0.1) is 11.0 Å². The van der Waals surface area contributed by atoms with E-state index in [1.165, 1.54) is 19.3 Å². The van der Waals surface area contributed by atoms with Crippen LogP contribution in [0.25, 0.3) is 11.0 Å². The van der Waals surface area contributed by atoms with E-state index in [2.05, 4.69) is 35.0 Å². The Morgan fingerprint density at radius 3 is 2.85 bits per heavy atom. The molecule has 0 radical (unpaired) electrons. The van der Waals surface area contributed by atoms with Crippen LogP contribution in [0.2, 0.25) is 0 Å². The first-order valence-corrected chi connectivity index (χ1v) is 7.58. The zero-order valence-corrected chi connectivity index (χ0v) is 11.9. The molecule has 1 unspecified atom stereocenters. The van der Waals surface area contributed by atoms with Gasteiger partial charge in [0.15, 0.2) is 0 Å². The van der Waals surface area contributed by atoms with Gasteiger partial charge in [-0.2, -0.15) is 0 Å². The molecule has 2 aromatic rings. The molecule has 20 heavy (non-hydrogen) atoms. The predicted octanol–water partition coefficient (Wildman–Crippen LogP) is 2.96. The zero-order valence-electron chi connectivity index (χ0n) is 11.9. The van der Waals surface area contributed by atoms with Gasteiger partial charge >= 0.3 is 0 Å². The molecule has 0 amide bonds. The van der Waals surface area contributed by atoms with Crippen LogP contribution in [0.5, 0.6) is 0 Å². The Bertz CT molecular complexity index is 582. The van der Waals surface area contributed by atoms with Gasteiger partial charge in [-0.1, -0.05) is 12.1 Å². The van der Waals surface area contributed by atoms with Crippen molar-refractivity contribution in [1.82, 2.24) is 9.97 Å². The van der Waals surface area contributed by atoms with Crippen molar-refractivity contribution in [2.75, 3.05) is 24.7 Å². The van der Waals surface area contributed by atoms with E-state index >= 15 is 0 Å². The van der Waals surface area contributed by atoms with Crippen LogP contribution in [-0.2, 0) is 4.74 Å². The van der Waals surface area contributed by atoms with Gasteiger partial charge in [0.2, 0.25) is 5.95 Å². The van der Waals surface area contributed by atoms with Crippen LogP contribution < -0.4 is 4.90 Å². The number of aromatic nitrogens is 2. The van der Waals surface area contributed by atoms with E-state index in [0.29, 0.717) is 11.5 Å². The number of nitrogens with zero attached hydrogens (tertiary/aromatic N) is 2. The number of nitrogens with one attached hydrogen (secondary N) is 1. The molecule has 2 aliphatic heterocycles. The number of aromatic amines is 1. The summed E-state index contributed by atoms with van der Waals surface area (Å²) < 4.78 is 5.55. The van der Waals surface area contributed by atoms with Crippen LogP contribution >= 0.6 is 0 Å². The lowest BCUT2D eigenvalue weighted by atomic mass is 9.74. The predicted molar refractivity (Wildman–Crippen MR) is 80.0 cm³/mol. The third-order valence-corrected chi connectivity index (χ3v) is 5.34. The second-order valence-electron chi connectivity index (χ2n) is 6.17. The highest BCUT2D eigenvalue weighted by atomic mass is 16.5. The summed E-state index contributed by atoms with van der Waals surface area (Å²) in [6.45, 7) is 5.28. The molecule has 2 saturated heterocycles. The SMILES string of the molecule is CC1N(c2nc3ccccc3[nH]2)CCC12CCOCC2. The van der Waals surface area contributed by atoms with Crippen molar-refractivity contribution in [2.45, 2.75) is 32.2 Å². The van der Waals surface area contributed by atoms with Crippen LogP contribution in [0, 0.1) is 5.41 Å². The second kappa shape index (κ2) is 4.48. The van der Waals surface area contributed by atoms with Gasteiger partial charge in [-0.25, -0.2) is 4.98 Å². The number of ether oxygens (including phenoxy) is 1. The van der Waals surface area contributed by atoms with Crippen molar-refractivity contribution in [3.63, 3.8) is 0 Å². The van der Waals surface area contributed by atoms with E-state index in [0.717, 1.165) is 36.7 Å². The topological polar surface area (TPSA) is 41.2 Å². The molecule has 4 rings (SSSR count). The molecule has 3 heterocycles. The molecule has 2 aliphatic rings. The monoisotopic (exact) mass is 271 g/mol. The number of H-pyrrole nitrogens is 1. The molecule has 1 aromatic carbocycles. The highest BCUT2D eigenvalue weighted by Crippen LogP contribution is 2.45. The minimum Gasteiger partial charge on any atom is -0.381 e. The zero-order chi connectivity index (χ0) is 13.6. The fraction of sp³-hybridized carbons (Fsp3) is 0.562. The Hall–Kier alpha value is -1.55. The number of hydrogen-bond donors (Lipinski definition) is 1. The summed E-state index contributed by atoms with van der Waals surface area (Å²) in [5.74, 6) is 1.03. The van der Waals surface area contributed by atoms with Gasteiger partial charge in [0, 0.05) is 25.8 Å². The average molecular weight is 271 g/mol. The van der Waals surface area contributed by atoms with Gasteiger partial charge in [-0.3, -0.25) is 0 Å². The number of rotatable bonds is 1. The molecule has 1 N–H and O–H groups in total. The quantitative estimate of drug-likeness (QED) is 0.867. The van der Waals surface area contributed by atoms with E-state index in [4.69, 9.17) is 9.72 Å². The molecule has 0 saturated carbocycles. The summed E-state index contributed by atoms with van der Waals surface area (Å²) in [4.78, 5) is 10.7. The molecule has 4 heteroatoms. The van der Waals surface area contributed by atoms with Crippen molar-refractivity contribution in [3.8, 4) is 0 Å². The first kappa shape index (κ1) is 12.2. The van der Waals surface area contributed by atoms with Crippen molar-refractivity contribution in [2.24, 2.45) is 5.41 Å². The average Bonchev–Trinajstić information content (AvgIpc) is 3.03. The highest BCUT2D eigenvalue weighted by molar-refractivity contribution is 5.77. The minimum absolute atomic E-state index is 0.428. The maximum atomic E-state index is 5.55. The van der Waals surface area contributed by atoms with Crippen molar-refractivity contribution in [1.29, 1.82) is 0 Å². The third kappa shape index (κ3) is 1.74. The molecular formula is C16H21N3O. The molecule has 1 spiro atoms. The molecule has 0 bridgehead atoms. The molecule has 106 valence electrons. The van der Waals surface area contributed by atoms with Crippen LogP contribution in [0.15, 0.2) is 24.3 Å². The van der Waals surface area contributed by atoms with Crippen LogP contribution in [0.3, 0.4) is 0 Å². The number of para-hydroxylation sites is 2. The third-order valence-electron chi connectivity index (χ3n) is 5.34. The summed E-state index contributed by atoms with van der Waals surface area (Å²) >= 11 is 0. The Morgan fingerprint density at radius 2 is 2.05 bits per heavy atom. The van der Waals surface area contributed by atoms with Gasteiger partial charge in [-0.15, -0.1) is 0 Å². The summed E-state index contributed by atoms with van der Waals surface area (Å²) in [7, 11) is 0. The van der Waals surface area contributed by atoms with Crippen LogP contribution in [-0.4, -0.2) is 35.8 Å². The van der Waals surface area contributed by atoms with E-state index in [9.17, 15) is 0 Å². The van der Waals surface area contributed by atoms with E-state index in [-0.39, 0.29) is 0 Å². The Labute approximate surface area is 119 Å². The maximum Gasteiger partial charge on any atom is 0.204 e. The maximum absolute atomic E-state index is 5.55. The van der Waals surface area contributed by atoms with E-state index in [1.54, 1.807) is 0 Å². The summed E-state index contributed by atoms with van der Waals surface area (Å²) in [6, 6.07) is 8.79. The van der Waals surface area contributed by atoms with Gasteiger partial charge in [0.1, 0.15) is 0 Å². The van der Waals surface area contributed by atoms with Gasteiger partial charge in [0.25, 0.3) is 0 Å². The minimum atomic E-state index is 0.428. The smallest absolute Gasteiger partial charge is 0.204 e. The summed E-state index contributed by atoms with van der Waals surface area (Å²) in [6.07, 6.45) is 3.63. The molecule has 0 aliphatic carbocycles. The number of hydrogen-bond acceptors (Lipinski definition) is 3. The lowest BCUT2D eigenvalue weighted by Crippen LogP contribution is -2.41. The number of benzene rings is 1. The first-order chi connectivity index (χ1) is 9.78. The van der Waals surface area contributed by atoms with Gasteiger partial charge < -0.3 is 14.6 Å². The molecule has 2 fully saturated rings. The van der Waals surface area contributed by atoms with Crippen molar-refractivity contribution >= 4 is 17.0 Å². The fourth-order valence-corrected chi connectivity index (χ4v) is 3.89.